The average molecular weight is 369 g/mol. The van der Waals surface area contributed by atoms with Gasteiger partial charge < -0.3 is 19.3 Å². The molecule has 0 atom stereocenters. The number of aryl methyl sites for hydroxylation is 1. The highest BCUT2D eigenvalue weighted by molar-refractivity contribution is 6.15. The average Bonchev–Trinajstić information content (AvgIpc) is 2.68. The van der Waals surface area contributed by atoms with Crippen molar-refractivity contribution in [2.24, 2.45) is 4.99 Å². The van der Waals surface area contributed by atoms with Gasteiger partial charge in [0.25, 0.3) is 0 Å². The number of aliphatic imine (C=N–C) groups is 1. The van der Waals surface area contributed by atoms with E-state index in [-0.39, 0.29) is 17.9 Å². The number of nitrogens with zero attached hydrogens (tertiary/aromatic N) is 1. The summed E-state index contributed by atoms with van der Waals surface area (Å²) in [6.07, 6.45) is 1.29. The van der Waals surface area contributed by atoms with Crippen molar-refractivity contribution in [3.05, 3.63) is 59.2 Å². The molecule has 6 nitrogen and oxygen atoms in total. The Bertz CT molecular complexity index is 853. The van der Waals surface area contributed by atoms with Crippen molar-refractivity contribution in [3.8, 4) is 11.5 Å². The van der Waals surface area contributed by atoms with E-state index in [1.807, 2.05) is 19.1 Å². The maximum atomic E-state index is 12.3. The van der Waals surface area contributed by atoms with Crippen LogP contribution in [0.3, 0.4) is 0 Å². The maximum absolute atomic E-state index is 12.3. The fourth-order valence-electron chi connectivity index (χ4n) is 2.33. The van der Waals surface area contributed by atoms with E-state index in [9.17, 15) is 9.90 Å². The van der Waals surface area contributed by atoms with Crippen LogP contribution in [0.5, 0.6) is 11.5 Å². The SMILES string of the molecule is CCOC(=O)C(C=Nc1ccc(OC)c(OC)c1)=C(O)c1ccc(C)cc1. The van der Waals surface area contributed by atoms with Gasteiger partial charge >= 0.3 is 5.97 Å². The molecule has 6 heteroatoms. The third-order valence-corrected chi connectivity index (χ3v) is 3.79. The number of hydrogen-bond donors (Lipinski definition) is 1. The van der Waals surface area contributed by atoms with Crippen molar-refractivity contribution in [1.82, 2.24) is 0 Å². The molecular weight excluding hydrogens is 346 g/mol. The summed E-state index contributed by atoms with van der Waals surface area (Å²) in [7, 11) is 3.07. The third-order valence-electron chi connectivity index (χ3n) is 3.79. The van der Waals surface area contributed by atoms with Crippen LogP contribution in [0.15, 0.2) is 53.0 Å². The van der Waals surface area contributed by atoms with E-state index >= 15 is 0 Å². The quantitative estimate of drug-likeness (QED) is 0.342. The summed E-state index contributed by atoms with van der Waals surface area (Å²) in [6.45, 7) is 3.83. The minimum absolute atomic E-state index is 0.0320. The van der Waals surface area contributed by atoms with Crippen molar-refractivity contribution in [3.63, 3.8) is 0 Å². The highest BCUT2D eigenvalue weighted by Crippen LogP contribution is 2.31. The number of benzene rings is 2. The minimum atomic E-state index is -0.653. The van der Waals surface area contributed by atoms with Crippen LogP contribution in [0.4, 0.5) is 5.69 Å². The van der Waals surface area contributed by atoms with E-state index in [1.54, 1.807) is 44.4 Å². The van der Waals surface area contributed by atoms with Crippen LogP contribution in [0, 0.1) is 6.92 Å². The molecule has 0 radical (unpaired) electrons. The summed E-state index contributed by atoms with van der Waals surface area (Å²) in [5, 5.41) is 10.6. The van der Waals surface area contributed by atoms with Crippen LogP contribution in [0.2, 0.25) is 0 Å². The zero-order valence-electron chi connectivity index (χ0n) is 15.9. The van der Waals surface area contributed by atoms with Crippen LogP contribution in [0.25, 0.3) is 5.76 Å². The van der Waals surface area contributed by atoms with E-state index in [2.05, 4.69) is 4.99 Å². The van der Waals surface area contributed by atoms with Crippen molar-refractivity contribution >= 4 is 23.6 Å². The number of methoxy groups -OCH3 is 2. The number of carbonyl (C=O) groups is 1. The molecule has 0 spiro atoms. The number of rotatable bonds is 7. The summed E-state index contributed by atoms with van der Waals surface area (Å²) in [6, 6.07) is 12.2. The minimum Gasteiger partial charge on any atom is -0.506 e. The van der Waals surface area contributed by atoms with Crippen molar-refractivity contribution < 1.29 is 24.1 Å². The molecule has 0 aliphatic rings. The van der Waals surface area contributed by atoms with Gasteiger partial charge in [-0.1, -0.05) is 29.8 Å². The van der Waals surface area contributed by atoms with Gasteiger partial charge in [-0.25, -0.2) is 4.79 Å². The molecule has 0 fully saturated rings. The number of hydrogen-bond acceptors (Lipinski definition) is 6. The molecule has 2 aromatic rings. The van der Waals surface area contributed by atoms with Gasteiger partial charge in [-0.2, -0.15) is 0 Å². The first-order valence-electron chi connectivity index (χ1n) is 8.43. The lowest BCUT2D eigenvalue weighted by molar-refractivity contribution is -0.137. The highest BCUT2D eigenvalue weighted by Gasteiger charge is 2.16. The molecule has 2 aromatic carbocycles. The van der Waals surface area contributed by atoms with E-state index < -0.39 is 5.97 Å². The topological polar surface area (TPSA) is 77.4 Å². The molecular formula is C21H23NO5. The number of aliphatic hydroxyl groups is 1. The second kappa shape index (κ2) is 9.43. The number of aliphatic hydroxyl groups excluding tert-OH is 1. The maximum Gasteiger partial charge on any atom is 0.343 e. The van der Waals surface area contributed by atoms with Crippen LogP contribution in [-0.4, -0.2) is 38.1 Å². The fourth-order valence-corrected chi connectivity index (χ4v) is 2.33. The molecule has 142 valence electrons. The summed E-state index contributed by atoms with van der Waals surface area (Å²) in [4.78, 5) is 16.6. The van der Waals surface area contributed by atoms with E-state index in [4.69, 9.17) is 14.2 Å². The molecule has 0 saturated heterocycles. The number of ether oxygens (including phenoxy) is 3. The first-order valence-corrected chi connectivity index (χ1v) is 8.43. The molecule has 2 rings (SSSR count). The largest absolute Gasteiger partial charge is 0.506 e. The van der Waals surface area contributed by atoms with E-state index in [0.717, 1.165) is 5.56 Å². The molecule has 0 aliphatic carbocycles. The normalized spacial score (nSPS) is 11.9. The molecule has 1 N–H and O–H groups in total. The molecule has 0 amide bonds. The third kappa shape index (κ3) is 5.10. The summed E-state index contributed by atoms with van der Waals surface area (Å²) in [5.41, 5.74) is 2.05. The zero-order chi connectivity index (χ0) is 19.8. The Morgan fingerprint density at radius 1 is 1.07 bits per heavy atom. The first-order chi connectivity index (χ1) is 13.0. The Morgan fingerprint density at radius 2 is 1.74 bits per heavy atom. The monoisotopic (exact) mass is 369 g/mol. The highest BCUT2D eigenvalue weighted by atomic mass is 16.5. The van der Waals surface area contributed by atoms with Crippen LogP contribution < -0.4 is 9.47 Å². The standard InChI is InChI=1S/C21H23NO5/c1-5-27-21(24)17(20(23)15-8-6-14(2)7-9-15)13-22-16-10-11-18(25-3)19(12-16)26-4/h6-13,23H,5H2,1-4H3. The second-order valence-electron chi connectivity index (χ2n) is 5.65. The van der Waals surface area contributed by atoms with E-state index in [1.165, 1.54) is 13.3 Å². The van der Waals surface area contributed by atoms with Crippen molar-refractivity contribution in [2.45, 2.75) is 13.8 Å². The van der Waals surface area contributed by atoms with E-state index in [0.29, 0.717) is 22.7 Å². The first kappa shape index (κ1) is 20.0. The fraction of sp³-hybridized carbons (Fsp3) is 0.238. The Morgan fingerprint density at radius 3 is 2.33 bits per heavy atom. The van der Waals surface area contributed by atoms with Gasteiger partial charge in [0, 0.05) is 17.8 Å². The predicted octanol–water partition coefficient (Wildman–Crippen LogP) is 4.25. The molecule has 0 aromatic heterocycles. The zero-order valence-corrected chi connectivity index (χ0v) is 15.9. The molecule has 27 heavy (non-hydrogen) atoms. The second-order valence-corrected chi connectivity index (χ2v) is 5.65. The van der Waals surface area contributed by atoms with Gasteiger partial charge in [0.1, 0.15) is 11.3 Å². The van der Waals surface area contributed by atoms with Gasteiger partial charge in [0.2, 0.25) is 0 Å². The molecule has 0 bridgehead atoms. The van der Waals surface area contributed by atoms with Crippen molar-refractivity contribution in [1.29, 1.82) is 0 Å². The molecule has 0 unspecified atom stereocenters. The van der Waals surface area contributed by atoms with Crippen LogP contribution >= 0.6 is 0 Å². The molecule has 0 saturated carbocycles. The van der Waals surface area contributed by atoms with Crippen LogP contribution in [-0.2, 0) is 9.53 Å². The summed E-state index contributed by atoms with van der Waals surface area (Å²) in [5.74, 6) is 0.231. The summed E-state index contributed by atoms with van der Waals surface area (Å²) >= 11 is 0. The Balaban J connectivity index is 2.43. The summed E-state index contributed by atoms with van der Waals surface area (Å²) < 4.78 is 15.5. The molecule has 0 aliphatic heterocycles. The lowest BCUT2D eigenvalue weighted by Crippen LogP contribution is -2.11. The Kier molecular flexibility index (Phi) is 7.00. The lowest BCUT2D eigenvalue weighted by Gasteiger charge is -2.09. The van der Waals surface area contributed by atoms with Gasteiger partial charge in [0.15, 0.2) is 11.5 Å². The predicted molar refractivity (Wildman–Crippen MR) is 105 cm³/mol. The van der Waals surface area contributed by atoms with Gasteiger partial charge in [0.05, 0.1) is 26.5 Å². The van der Waals surface area contributed by atoms with Gasteiger partial charge in [-0.3, -0.25) is 4.99 Å². The van der Waals surface area contributed by atoms with Gasteiger partial charge in [-0.15, -0.1) is 0 Å². The smallest absolute Gasteiger partial charge is 0.343 e. The van der Waals surface area contributed by atoms with Crippen molar-refractivity contribution in [2.75, 3.05) is 20.8 Å². The number of carbonyl (C=O) groups excluding carboxylic acids is 1. The Hall–Kier alpha value is -3.28. The van der Waals surface area contributed by atoms with Gasteiger partial charge in [-0.05, 0) is 26.0 Å². The molecule has 0 heterocycles. The number of esters is 1. The van der Waals surface area contributed by atoms with Crippen LogP contribution in [0.1, 0.15) is 18.1 Å². The Labute approximate surface area is 158 Å². The lowest BCUT2D eigenvalue weighted by atomic mass is 10.1.